The molecule has 0 saturated heterocycles. The number of anilines is 1. The van der Waals surface area contributed by atoms with Crippen LogP contribution in [0, 0.1) is 17.0 Å². The molecular formula is C12H11ClN6O3. The lowest BCUT2D eigenvalue weighted by atomic mass is 10.1. The van der Waals surface area contributed by atoms with E-state index in [1.807, 2.05) is 0 Å². The van der Waals surface area contributed by atoms with Crippen LogP contribution in [-0.2, 0) is 0 Å². The lowest BCUT2D eigenvalue weighted by Crippen LogP contribution is -2.16. The number of rotatable bonds is 4. The largest absolute Gasteiger partial charge is 0.288 e. The molecular weight excluding hydrogens is 312 g/mol. The van der Waals surface area contributed by atoms with Crippen molar-refractivity contribution in [3.63, 3.8) is 0 Å². The molecule has 114 valence electrons. The van der Waals surface area contributed by atoms with E-state index in [1.54, 1.807) is 13.0 Å². The van der Waals surface area contributed by atoms with Crippen molar-refractivity contribution in [3.8, 4) is 0 Å². The average molecular weight is 323 g/mol. The molecule has 2 N–H and O–H groups in total. The number of aromatic amines is 1. The van der Waals surface area contributed by atoms with Crippen molar-refractivity contribution in [3.05, 3.63) is 54.9 Å². The standard InChI is InChI=1S/C12H11ClN6O3/c1-6(8-3-4-9(13)10(5-8)19(21)22)15-17-12-14-11(20)7(2)16-18-12/h3-5H,1-2H3,(H2,14,17,18,20)/b15-6+. The van der Waals surface area contributed by atoms with E-state index in [-0.39, 0.29) is 27.9 Å². The Balaban J connectivity index is 2.25. The highest BCUT2D eigenvalue weighted by atomic mass is 35.5. The molecule has 0 aliphatic heterocycles. The molecule has 0 aliphatic carbocycles. The van der Waals surface area contributed by atoms with Crippen LogP contribution in [0.15, 0.2) is 28.1 Å². The Morgan fingerprint density at radius 3 is 2.82 bits per heavy atom. The number of benzene rings is 1. The third kappa shape index (κ3) is 3.44. The molecule has 9 nitrogen and oxygen atoms in total. The van der Waals surface area contributed by atoms with E-state index >= 15 is 0 Å². The number of nitro groups is 1. The molecule has 1 aromatic carbocycles. The van der Waals surface area contributed by atoms with Gasteiger partial charge in [-0.25, -0.2) is 5.43 Å². The maximum Gasteiger partial charge on any atom is 0.288 e. The van der Waals surface area contributed by atoms with Gasteiger partial charge < -0.3 is 0 Å². The van der Waals surface area contributed by atoms with Gasteiger partial charge in [-0.2, -0.15) is 5.10 Å². The number of nitro benzene ring substituents is 1. The van der Waals surface area contributed by atoms with E-state index in [2.05, 4.69) is 25.7 Å². The number of aromatic nitrogens is 3. The third-order valence-corrected chi connectivity index (χ3v) is 3.07. The molecule has 0 bridgehead atoms. The second kappa shape index (κ2) is 6.31. The van der Waals surface area contributed by atoms with E-state index in [0.29, 0.717) is 11.3 Å². The average Bonchev–Trinajstić information content (AvgIpc) is 2.48. The van der Waals surface area contributed by atoms with E-state index in [4.69, 9.17) is 11.6 Å². The highest BCUT2D eigenvalue weighted by Gasteiger charge is 2.13. The van der Waals surface area contributed by atoms with Crippen LogP contribution in [0.4, 0.5) is 11.6 Å². The number of nitrogens with one attached hydrogen (secondary N) is 2. The normalized spacial score (nSPS) is 11.3. The molecule has 0 spiro atoms. The van der Waals surface area contributed by atoms with Gasteiger partial charge >= 0.3 is 0 Å². The van der Waals surface area contributed by atoms with Crippen molar-refractivity contribution in [2.24, 2.45) is 5.10 Å². The third-order valence-electron chi connectivity index (χ3n) is 2.75. The first-order chi connectivity index (χ1) is 10.4. The van der Waals surface area contributed by atoms with Crippen molar-refractivity contribution in [2.75, 3.05) is 5.43 Å². The zero-order valence-electron chi connectivity index (χ0n) is 11.6. The first-order valence-electron chi connectivity index (χ1n) is 6.06. The zero-order chi connectivity index (χ0) is 16.3. The second-order valence-corrected chi connectivity index (χ2v) is 4.73. The van der Waals surface area contributed by atoms with Crippen LogP contribution in [-0.4, -0.2) is 25.8 Å². The van der Waals surface area contributed by atoms with E-state index < -0.39 is 4.92 Å². The Morgan fingerprint density at radius 1 is 1.45 bits per heavy atom. The maximum absolute atomic E-state index is 11.4. The minimum Gasteiger partial charge on any atom is -0.288 e. The summed E-state index contributed by atoms with van der Waals surface area (Å²) < 4.78 is 0. The van der Waals surface area contributed by atoms with Gasteiger partial charge in [0.05, 0.1) is 10.6 Å². The van der Waals surface area contributed by atoms with Gasteiger partial charge in [-0.3, -0.25) is 19.9 Å². The molecule has 0 radical (unpaired) electrons. The van der Waals surface area contributed by atoms with Gasteiger partial charge in [0.1, 0.15) is 10.7 Å². The van der Waals surface area contributed by atoms with Crippen molar-refractivity contribution in [1.29, 1.82) is 0 Å². The van der Waals surface area contributed by atoms with Crippen LogP contribution in [0.1, 0.15) is 18.2 Å². The Labute approximate surface area is 129 Å². The van der Waals surface area contributed by atoms with Gasteiger partial charge in [-0.1, -0.05) is 17.7 Å². The SMILES string of the molecule is C/C(=N\Nc1nnc(C)c(=O)[nH]1)c1ccc(Cl)c([N+](=O)[O-])c1. The Kier molecular flexibility index (Phi) is 4.47. The number of hydrogen-bond donors (Lipinski definition) is 2. The molecule has 0 aliphatic rings. The number of aryl methyl sites for hydroxylation is 1. The van der Waals surface area contributed by atoms with Crippen LogP contribution in [0.3, 0.4) is 0 Å². The number of hydrazone groups is 1. The number of halogens is 1. The maximum atomic E-state index is 11.4. The van der Waals surface area contributed by atoms with Crippen molar-refractivity contribution >= 4 is 28.9 Å². The molecule has 2 aromatic rings. The summed E-state index contributed by atoms with van der Waals surface area (Å²) in [4.78, 5) is 24.1. The molecule has 0 fully saturated rings. The fraction of sp³-hybridized carbons (Fsp3) is 0.167. The van der Waals surface area contributed by atoms with Gasteiger partial charge in [-0.15, -0.1) is 10.2 Å². The molecule has 22 heavy (non-hydrogen) atoms. The van der Waals surface area contributed by atoms with Crippen LogP contribution < -0.4 is 11.0 Å². The Hall–Kier alpha value is -2.81. The molecule has 1 heterocycles. The number of hydrogen-bond acceptors (Lipinski definition) is 7. The van der Waals surface area contributed by atoms with Crippen molar-refractivity contribution in [2.45, 2.75) is 13.8 Å². The highest BCUT2D eigenvalue weighted by molar-refractivity contribution is 6.32. The van der Waals surface area contributed by atoms with E-state index in [9.17, 15) is 14.9 Å². The van der Waals surface area contributed by atoms with Crippen LogP contribution in [0.2, 0.25) is 5.02 Å². The summed E-state index contributed by atoms with van der Waals surface area (Å²) in [5.74, 6) is 0.0680. The quantitative estimate of drug-likeness (QED) is 0.502. The summed E-state index contributed by atoms with van der Waals surface area (Å²) >= 11 is 5.75. The Morgan fingerprint density at radius 2 is 2.18 bits per heavy atom. The fourth-order valence-electron chi connectivity index (χ4n) is 1.52. The van der Waals surface area contributed by atoms with Gasteiger partial charge in [0.25, 0.3) is 11.2 Å². The zero-order valence-corrected chi connectivity index (χ0v) is 12.4. The molecule has 0 unspecified atom stereocenters. The summed E-state index contributed by atoms with van der Waals surface area (Å²) in [6.45, 7) is 3.16. The monoisotopic (exact) mass is 322 g/mol. The van der Waals surface area contributed by atoms with Gasteiger partial charge in [0, 0.05) is 11.6 Å². The highest BCUT2D eigenvalue weighted by Crippen LogP contribution is 2.25. The molecule has 1 aromatic heterocycles. The molecule has 10 heteroatoms. The van der Waals surface area contributed by atoms with E-state index in [1.165, 1.54) is 19.1 Å². The van der Waals surface area contributed by atoms with Crippen molar-refractivity contribution in [1.82, 2.24) is 15.2 Å². The first kappa shape index (κ1) is 15.6. The number of H-pyrrole nitrogens is 1. The summed E-state index contributed by atoms with van der Waals surface area (Å²) in [5, 5.41) is 22.2. The summed E-state index contributed by atoms with van der Waals surface area (Å²) in [7, 11) is 0. The topological polar surface area (TPSA) is 126 Å². The summed E-state index contributed by atoms with van der Waals surface area (Å²) in [5.41, 5.74) is 3.13. The van der Waals surface area contributed by atoms with Crippen LogP contribution in [0.5, 0.6) is 0 Å². The predicted molar refractivity (Wildman–Crippen MR) is 81.3 cm³/mol. The molecule has 0 atom stereocenters. The van der Waals surface area contributed by atoms with Crippen LogP contribution in [0.25, 0.3) is 0 Å². The number of nitrogens with zero attached hydrogens (tertiary/aromatic N) is 4. The smallest absolute Gasteiger partial charge is 0.288 e. The minimum absolute atomic E-state index is 0.0447. The fourth-order valence-corrected chi connectivity index (χ4v) is 1.71. The van der Waals surface area contributed by atoms with Crippen molar-refractivity contribution < 1.29 is 4.92 Å². The van der Waals surface area contributed by atoms with Gasteiger partial charge in [-0.05, 0) is 19.9 Å². The Bertz CT molecular complexity index is 817. The molecule has 0 saturated carbocycles. The lowest BCUT2D eigenvalue weighted by molar-refractivity contribution is -0.384. The summed E-state index contributed by atoms with van der Waals surface area (Å²) in [6, 6.07) is 4.33. The lowest BCUT2D eigenvalue weighted by Gasteiger charge is -2.03. The predicted octanol–water partition coefficient (Wildman–Crippen LogP) is 1.87. The van der Waals surface area contributed by atoms with Gasteiger partial charge in [0.2, 0.25) is 5.95 Å². The molecule has 2 rings (SSSR count). The summed E-state index contributed by atoms with van der Waals surface area (Å²) in [6.07, 6.45) is 0. The van der Waals surface area contributed by atoms with E-state index in [0.717, 1.165) is 0 Å². The van der Waals surface area contributed by atoms with Crippen LogP contribution >= 0.6 is 11.6 Å². The first-order valence-corrected chi connectivity index (χ1v) is 6.44. The molecule has 0 amide bonds. The minimum atomic E-state index is -0.574. The van der Waals surface area contributed by atoms with Gasteiger partial charge in [0.15, 0.2) is 0 Å². The second-order valence-electron chi connectivity index (χ2n) is 4.32.